The number of halogens is 1. The molecule has 0 aromatic heterocycles. The Hall–Kier alpha value is -2.78. The minimum Gasteiger partial charge on any atom is -0.507 e. The van der Waals surface area contributed by atoms with Crippen molar-refractivity contribution in [3.05, 3.63) is 75.3 Å². The van der Waals surface area contributed by atoms with Crippen molar-refractivity contribution in [2.24, 2.45) is 17.8 Å². The first-order chi connectivity index (χ1) is 18.8. The number of aromatic hydroxyl groups is 1. The number of phenols is 1. The highest BCUT2D eigenvalue weighted by atomic mass is 79.9. The summed E-state index contributed by atoms with van der Waals surface area (Å²) in [7, 11) is 1.56. The maximum Gasteiger partial charge on any atom is 0.233 e. The predicted molar refractivity (Wildman–Crippen MR) is 153 cm³/mol. The van der Waals surface area contributed by atoms with Crippen molar-refractivity contribution in [1.82, 2.24) is 4.90 Å². The Morgan fingerprint density at radius 2 is 1.92 bits per heavy atom. The molecule has 1 aliphatic carbocycles. The Kier molecular flexibility index (Phi) is 9.77. The first-order valence-electron chi connectivity index (χ1n) is 13.4. The van der Waals surface area contributed by atoms with Crippen LogP contribution < -0.4 is 0 Å². The lowest BCUT2D eigenvalue weighted by atomic mass is 9.68. The summed E-state index contributed by atoms with van der Waals surface area (Å²) in [6.45, 7) is 2.15. The highest BCUT2D eigenvalue weighted by Crippen LogP contribution is 2.46. The molecule has 0 bridgehead atoms. The molecule has 0 radical (unpaired) electrons. The third-order valence-corrected chi connectivity index (χ3v) is 8.24. The molecule has 1 aliphatic heterocycles. The van der Waals surface area contributed by atoms with Crippen LogP contribution in [-0.4, -0.2) is 65.0 Å². The monoisotopic (exact) mass is 597 g/mol. The molecule has 2 aromatic carbocycles. The predicted octanol–water partition coefficient (Wildman–Crippen LogP) is 4.80. The minimum absolute atomic E-state index is 0.150. The van der Waals surface area contributed by atoms with E-state index in [1.54, 1.807) is 19.2 Å². The first-order valence-corrected chi connectivity index (χ1v) is 14.2. The Morgan fingerprint density at radius 3 is 2.59 bits per heavy atom. The van der Waals surface area contributed by atoms with E-state index >= 15 is 0 Å². The maximum atomic E-state index is 13.3. The van der Waals surface area contributed by atoms with Gasteiger partial charge >= 0.3 is 0 Å². The van der Waals surface area contributed by atoms with E-state index in [1.807, 2.05) is 49.4 Å². The van der Waals surface area contributed by atoms with Crippen LogP contribution in [0.5, 0.6) is 5.75 Å². The van der Waals surface area contributed by atoms with Gasteiger partial charge in [-0.15, -0.1) is 0 Å². The summed E-state index contributed by atoms with van der Waals surface area (Å²) in [6.07, 6.45) is 2.76. The van der Waals surface area contributed by atoms with E-state index in [9.17, 15) is 24.9 Å². The third kappa shape index (κ3) is 6.19. The standard InChI is InChI=1S/C31H36BrNO6/c1-3-13-33-30(37)24-16-22(18-39-2)28(25(17-34)29(24)31(33)38)27(36)11-9-20(19-7-5-4-6-8-19)14-21-15-23(32)10-12-26(21)35/h4-8,10,12,14-15,24-25,27,29,34-36H,3,9,11,13,16-18H2,1-2H3/b20-14-/t24-,25+,27-,29-/m1/s1. The number of methoxy groups -OCH3 is 1. The number of ether oxygens (including phenoxy) is 1. The molecule has 4 rings (SSSR count). The number of aliphatic hydroxyl groups is 2. The first kappa shape index (κ1) is 29.2. The number of allylic oxidation sites excluding steroid dienone is 1. The van der Waals surface area contributed by atoms with Gasteiger partial charge in [0, 0.05) is 29.6 Å². The van der Waals surface area contributed by atoms with Crippen LogP contribution in [0.4, 0.5) is 0 Å². The van der Waals surface area contributed by atoms with Crippen LogP contribution in [-0.2, 0) is 14.3 Å². The van der Waals surface area contributed by atoms with E-state index in [4.69, 9.17) is 4.74 Å². The van der Waals surface area contributed by atoms with Gasteiger partial charge in [0.2, 0.25) is 11.8 Å². The second kappa shape index (κ2) is 13.0. The fourth-order valence-electron chi connectivity index (χ4n) is 6.00. The maximum absolute atomic E-state index is 13.3. The molecular formula is C31H36BrNO6. The van der Waals surface area contributed by atoms with Crippen molar-refractivity contribution < 1.29 is 29.6 Å². The van der Waals surface area contributed by atoms with Gasteiger partial charge in [0.15, 0.2) is 0 Å². The summed E-state index contributed by atoms with van der Waals surface area (Å²) in [4.78, 5) is 27.7. The fourth-order valence-corrected chi connectivity index (χ4v) is 6.38. The van der Waals surface area contributed by atoms with Crippen LogP contribution in [0.2, 0.25) is 0 Å². The molecule has 0 unspecified atom stereocenters. The summed E-state index contributed by atoms with van der Waals surface area (Å²) in [6, 6.07) is 15.0. The van der Waals surface area contributed by atoms with Gasteiger partial charge in [-0.25, -0.2) is 0 Å². The largest absolute Gasteiger partial charge is 0.507 e. The van der Waals surface area contributed by atoms with Gasteiger partial charge in [-0.3, -0.25) is 14.5 Å². The molecule has 2 aromatic rings. The fraction of sp³-hybridized carbons (Fsp3) is 0.419. The molecule has 39 heavy (non-hydrogen) atoms. The van der Waals surface area contributed by atoms with Gasteiger partial charge in [0.05, 0.1) is 31.2 Å². The molecule has 208 valence electrons. The summed E-state index contributed by atoms with van der Waals surface area (Å²) in [5, 5.41) is 32.5. The number of hydrogen-bond donors (Lipinski definition) is 3. The second-order valence-corrected chi connectivity index (χ2v) is 11.2. The molecule has 2 amide bonds. The third-order valence-electron chi connectivity index (χ3n) is 7.75. The Balaban J connectivity index is 1.65. The van der Waals surface area contributed by atoms with E-state index in [1.165, 1.54) is 4.90 Å². The molecular weight excluding hydrogens is 562 g/mol. The van der Waals surface area contributed by atoms with Crippen molar-refractivity contribution in [2.45, 2.75) is 38.7 Å². The lowest BCUT2D eigenvalue weighted by molar-refractivity contribution is -0.140. The lowest BCUT2D eigenvalue weighted by Crippen LogP contribution is -2.39. The molecule has 4 atom stereocenters. The molecule has 2 aliphatic rings. The quantitative estimate of drug-likeness (QED) is 0.195. The number of nitrogens with zero attached hydrogens (tertiary/aromatic N) is 1. The summed E-state index contributed by atoms with van der Waals surface area (Å²) >= 11 is 3.46. The van der Waals surface area contributed by atoms with E-state index in [2.05, 4.69) is 15.9 Å². The number of carbonyl (C=O) groups is 2. The number of amides is 2. The van der Waals surface area contributed by atoms with Gasteiger partial charge in [0.25, 0.3) is 0 Å². The number of imide groups is 1. The number of rotatable bonds is 11. The van der Waals surface area contributed by atoms with Crippen LogP contribution in [0.3, 0.4) is 0 Å². The average Bonchev–Trinajstić information content (AvgIpc) is 3.17. The van der Waals surface area contributed by atoms with E-state index < -0.39 is 23.9 Å². The van der Waals surface area contributed by atoms with Gasteiger partial charge in [-0.1, -0.05) is 53.2 Å². The number of fused-ring (bicyclic) bond motifs is 1. The average molecular weight is 599 g/mol. The Morgan fingerprint density at radius 1 is 1.18 bits per heavy atom. The zero-order valence-corrected chi connectivity index (χ0v) is 23.9. The number of aliphatic hydroxyl groups excluding tert-OH is 2. The molecule has 1 fully saturated rings. The lowest BCUT2D eigenvalue weighted by Gasteiger charge is -2.36. The van der Waals surface area contributed by atoms with Crippen LogP contribution in [0.15, 0.2) is 64.1 Å². The number of carbonyl (C=O) groups excluding carboxylic acids is 2. The normalized spacial score (nSPS) is 22.4. The van der Waals surface area contributed by atoms with Crippen LogP contribution >= 0.6 is 15.9 Å². The molecule has 8 heteroatoms. The van der Waals surface area contributed by atoms with Crippen LogP contribution in [0.25, 0.3) is 11.6 Å². The molecule has 3 N–H and O–H groups in total. The molecule has 7 nitrogen and oxygen atoms in total. The molecule has 1 heterocycles. The highest BCUT2D eigenvalue weighted by molar-refractivity contribution is 9.10. The second-order valence-electron chi connectivity index (χ2n) is 10.2. The van der Waals surface area contributed by atoms with Crippen molar-refractivity contribution >= 4 is 39.4 Å². The highest BCUT2D eigenvalue weighted by Gasteiger charge is 2.54. The Labute approximate surface area is 237 Å². The number of hydrogen-bond acceptors (Lipinski definition) is 6. The van der Waals surface area contributed by atoms with E-state index in [0.29, 0.717) is 43.4 Å². The van der Waals surface area contributed by atoms with Crippen molar-refractivity contribution in [2.75, 3.05) is 26.9 Å². The van der Waals surface area contributed by atoms with Gasteiger partial charge in [-0.2, -0.15) is 0 Å². The van der Waals surface area contributed by atoms with Gasteiger partial charge < -0.3 is 20.1 Å². The number of benzene rings is 2. The van der Waals surface area contributed by atoms with Gasteiger partial charge in [-0.05, 0) is 72.2 Å². The SMILES string of the molecule is CCCN1C(=O)[C@@H]2[C@@H](CC(COC)=C([C@H](O)CC/C(=C/c3cc(Br)ccc3O)c3ccccc3)[C@@H]2CO)C1=O. The smallest absolute Gasteiger partial charge is 0.233 e. The topological polar surface area (TPSA) is 107 Å². The molecule has 0 spiro atoms. The van der Waals surface area contributed by atoms with E-state index in [0.717, 1.165) is 21.2 Å². The van der Waals surface area contributed by atoms with Crippen molar-refractivity contribution in [3.8, 4) is 5.75 Å². The van der Waals surface area contributed by atoms with Gasteiger partial charge in [0.1, 0.15) is 5.75 Å². The van der Waals surface area contributed by atoms with Crippen LogP contribution in [0, 0.1) is 17.8 Å². The number of phenolic OH excluding ortho intramolecular Hbond substituents is 1. The Bertz CT molecular complexity index is 1260. The van der Waals surface area contributed by atoms with Crippen LogP contribution in [0.1, 0.15) is 43.7 Å². The van der Waals surface area contributed by atoms with E-state index in [-0.39, 0.29) is 30.8 Å². The summed E-state index contributed by atoms with van der Waals surface area (Å²) < 4.78 is 6.27. The molecule has 0 saturated carbocycles. The zero-order valence-electron chi connectivity index (χ0n) is 22.3. The summed E-state index contributed by atoms with van der Waals surface area (Å²) in [5.74, 6) is -2.18. The number of likely N-dealkylation sites (tertiary alicyclic amines) is 1. The van der Waals surface area contributed by atoms with Crippen molar-refractivity contribution in [1.29, 1.82) is 0 Å². The molecule has 1 saturated heterocycles. The van der Waals surface area contributed by atoms with Crippen molar-refractivity contribution in [3.63, 3.8) is 0 Å². The zero-order chi connectivity index (χ0) is 28.1. The minimum atomic E-state index is -0.945. The summed E-state index contributed by atoms with van der Waals surface area (Å²) in [5.41, 5.74) is 3.92.